The predicted octanol–water partition coefficient (Wildman–Crippen LogP) is 3.13. The third-order valence-electron chi connectivity index (χ3n) is 5.29. The van der Waals surface area contributed by atoms with E-state index in [1.807, 2.05) is 6.92 Å². The van der Waals surface area contributed by atoms with Gasteiger partial charge >= 0.3 is 0 Å². The van der Waals surface area contributed by atoms with Crippen LogP contribution < -0.4 is 10.6 Å². The van der Waals surface area contributed by atoms with Gasteiger partial charge in [0.2, 0.25) is 5.91 Å². The molecule has 148 valence electrons. The van der Waals surface area contributed by atoms with Crippen molar-refractivity contribution in [2.24, 2.45) is 16.8 Å². The molecule has 2 aliphatic rings. The van der Waals surface area contributed by atoms with E-state index in [4.69, 9.17) is 0 Å². The Morgan fingerprint density at radius 1 is 1.15 bits per heavy atom. The molecule has 2 fully saturated rings. The van der Waals surface area contributed by atoms with Crippen LogP contribution >= 0.6 is 0 Å². The molecule has 1 amide bonds. The van der Waals surface area contributed by atoms with Crippen LogP contribution in [0.15, 0.2) is 17.1 Å². The Balaban J connectivity index is 1.63. The molecule has 0 radical (unpaired) electrons. The molecule has 1 saturated heterocycles. The highest BCUT2D eigenvalue weighted by Crippen LogP contribution is 2.35. The van der Waals surface area contributed by atoms with Crippen molar-refractivity contribution >= 4 is 17.6 Å². The zero-order valence-electron chi connectivity index (χ0n) is 15.4. The molecule has 2 unspecified atom stereocenters. The Hall–Kier alpha value is -2.25. The van der Waals surface area contributed by atoms with Gasteiger partial charge in [-0.05, 0) is 43.7 Å². The van der Waals surface area contributed by atoms with Gasteiger partial charge in [-0.1, -0.05) is 12.8 Å². The van der Waals surface area contributed by atoms with E-state index in [2.05, 4.69) is 20.5 Å². The Morgan fingerprint density at radius 3 is 2.44 bits per heavy atom. The van der Waals surface area contributed by atoms with Crippen LogP contribution in [0.1, 0.15) is 32.6 Å². The molecular weight excluding hydrogens is 357 g/mol. The van der Waals surface area contributed by atoms with Crippen molar-refractivity contribution in [3.63, 3.8) is 0 Å². The molecule has 1 aliphatic heterocycles. The van der Waals surface area contributed by atoms with E-state index in [0.717, 1.165) is 25.2 Å². The minimum atomic E-state index is -1.61. The van der Waals surface area contributed by atoms with Gasteiger partial charge in [0.15, 0.2) is 23.4 Å². The standard InChI is InChI=1S/C19H25F3N4O/c1-2-23-19(26-10-12-5-3-4-6-13(12)11-26)24-9-16(27)25-15-8-7-14(20)17(21)18(15)22/h7-8,12-13H,2-6,9-11H2,1H3,(H,23,24)(H,25,27). The van der Waals surface area contributed by atoms with E-state index < -0.39 is 29.0 Å². The van der Waals surface area contributed by atoms with Gasteiger partial charge < -0.3 is 15.5 Å². The maximum Gasteiger partial charge on any atom is 0.246 e. The smallest absolute Gasteiger partial charge is 0.246 e. The summed E-state index contributed by atoms with van der Waals surface area (Å²) in [5, 5.41) is 5.44. The number of hydrogen-bond acceptors (Lipinski definition) is 2. The van der Waals surface area contributed by atoms with Crippen LogP contribution in [0.2, 0.25) is 0 Å². The zero-order valence-corrected chi connectivity index (χ0v) is 15.4. The first-order chi connectivity index (χ1) is 13.0. The van der Waals surface area contributed by atoms with Crippen LogP contribution in [-0.2, 0) is 4.79 Å². The van der Waals surface area contributed by atoms with Gasteiger partial charge in [0, 0.05) is 19.6 Å². The number of fused-ring (bicyclic) bond motifs is 1. The summed E-state index contributed by atoms with van der Waals surface area (Å²) < 4.78 is 39.9. The van der Waals surface area contributed by atoms with Gasteiger partial charge in [-0.2, -0.15) is 0 Å². The molecule has 3 rings (SSSR count). The first-order valence-electron chi connectivity index (χ1n) is 9.46. The lowest BCUT2D eigenvalue weighted by Gasteiger charge is -2.22. The molecular formula is C19H25F3N4O. The maximum absolute atomic E-state index is 13.7. The highest BCUT2D eigenvalue weighted by Gasteiger charge is 2.35. The molecule has 1 heterocycles. The molecule has 1 saturated carbocycles. The molecule has 0 spiro atoms. The zero-order chi connectivity index (χ0) is 19.4. The molecule has 2 atom stereocenters. The number of likely N-dealkylation sites (tertiary alicyclic amines) is 1. The highest BCUT2D eigenvalue weighted by molar-refractivity contribution is 5.94. The maximum atomic E-state index is 13.7. The number of aliphatic imine (C=N–C) groups is 1. The number of nitrogens with zero attached hydrogens (tertiary/aromatic N) is 2. The molecule has 1 aromatic carbocycles. The van der Waals surface area contributed by atoms with E-state index in [1.165, 1.54) is 25.7 Å². The van der Waals surface area contributed by atoms with Crippen molar-refractivity contribution in [2.75, 3.05) is 31.5 Å². The average molecular weight is 382 g/mol. The predicted molar refractivity (Wildman–Crippen MR) is 97.9 cm³/mol. The number of benzene rings is 1. The van der Waals surface area contributed by atoms with E-state index in [9.17, 15) is 18.0 Å². The molecule has 1 aliphatic carbocycles. The minimum absolute atomic E-state index is 0.230. The fourth-order valence-corrected chi connectivity index (χ4v) is 3.96. The van der Waals surface area contributed by atoms with Crippen molar-refractivity contribution in [3.8, 4) is 0 Å². The van der Waals surface area contributed by atoms with E-state index in [0.29, 0.717) is 24.3 Å². The van der Waals surface area contributed by atoms with Crippen LogP contribution in [0.4, 0.5) is 18.9 Å². The van der Waals surface area contributed by atoms with Crippen LogP contribution in [-0.4, -0.2) is 42.9 Å². The molecule has 1 aromatic rings. The first-order valence-corrected chi connectivity index (χ1v) is 9.46. The Kier molecular flexibility index (Phi) is 6.23. The molecule has 2 N–H and O–H groups in total. The summed E-state index contributed by atoms with van der Waals surface area (Å²) in [7, 11) is 0. The molecule has 5 nitrogen and oxygen atoms in total. The third-order valence-corrected chi connectivity index (χ3v) is 5.29. The topological polar surface area (TPSA) is 56.7 Å². The fraction of sp³-hybridized carbons (Fsp3) is 0.579. The summed E-state index contributed by atoms with van der Waals surface area (Å²) >= 11 is 0. The number of guanidine groups is 1. The SMILES string of the molecule is CCNC(=NCC(=O)Nc1ccc(F)c(F)c1F)N1CC2CCCCC2C1. The number of carbonyl (C=O) groups is 1. The first kappa shape index (κ1) is 19.5. The number of nitrogens with one attached hydrogen (secondary N) is 2. The normalized spacial score (nSPS) is 22.5. The van der Waals surface area contributed by atoms with Gasteiger partial charge in [0.05, 0.1) is 5.69 Å². The van der Waals surface area contributed by atoms with Crippen molar-refractivity contribution in [2.45, 2.75) is 32.6 Å². The Labute approximate surface area is 157 Å². The second kappa shape index (κ2) is 8.63. The fourth-order valence-electron chi connectivity index (χ4n) is 3.96. The number of rotatable bonds is 4. The summed E-state index contributed by atoms with van der Waals surface area (Å²) in [6.07, 6.45) is 5.00. The molecule has 0 bridgehead atoms. The summed E-state index contributed by atoms with van der Waals surface area (Å²) in [5.74, 6) is -2.90. The van der Waals surface area contributed by atoms with Crippen molar-refractivity contribution < 1.29 is 18.0 Å². The lowest BCUT2D eigenvalue weighted by atomic mass is 9.82. The number of halogens is 3. The lowest BCUT2D eigenvalue weighted by molar-refractivity contribution is -0.114. The summed E-state index contributed by atoms with van der Waals surface area (Å²) in [5.41, 5.74) is -0.397. The number of carbonyl (C=O) groups excluding carboxylic acids is 1. The van der Waals surface area contributed by atoms with Crippen molar-refractivity contribution in [3.05, 3.63) is 29.6 Å². The van der Waals surface area contributed by atoms with Gasteiger partial charge in [0.25, 0.3) is 0 Å². The van der Waals surface area contributed by atoms with Crippen LogP contribution in [0.25, 0.3) is 0 Å². The summed E-state index contributed by atoms with van der Waals surface area (Å²) in [4.78, 5) is 18.6. The number of amides is 1. The second-order valence-electron chi connectivity index (χ2n) is 7.15. The Morgan fingerprint density at radius 2 is 1.81 bits per heavy atom. The summed E-state index contributed by atoms with van der Waals surface area (Å²) in [6.45, 7) is 4.25. The summed E-state index contributed by atoms with van der Waals surface area (Å²) in [6, 6.07) is 1.76. The minimum Gasteiger partial charge on any atom is -0.357 e. The quantitative estimate of drug-likeness (QED) is 0.478. The highest BCUT2D eigenvalue weighted by atomic mass is 19.2. The Bertz CT molecular complexity index is 711. The molecule has 8 heteroatoms. The van der Waals surface area contributed by atoms with Gasteiger partial charge in [-0.3, -0.25) is 4.79 Å². The van der Waals surface area contributed by atoms with Crippen LogP contribution in [0.3, 0.4) is 0 Å². The van der Waals surface area contributed by atoms with Crippen molar-refractivity contribution in [1.82, 2.24) is 10.2 Å². The van der Waals surface area contributed by atoms with Crippen molar-refractivity contribution in [1.29, 1.82) is 0 Å². The van der Waals surface area contributed by atoms with E-state index in [1.54, 1.807) is 0 Å². The molecule has 0 aromatic heterocycles. The third kappa shape index (κ3) is 4.54. The van der Waals surface area contributed by atoms with Gasteiger partial charge in [-0.25, -0.2) is 18.2 Å². The second-order valence-corrected chi connectivity index (χ2v) is 7.15. The van der Waals surface area contributed by atoms with Crippen LogP contribution in [0, 0.1) is 29.3 Å². The number of anilines is 1. The number of hydrogen-bond donors (Lipinski definition) is 2. The largest absolute Gasteiger partial charge is 0.357 e. The van der Waals surface area contributed by atoms with E-state index in [-0.39, 0.29) is 6.54 Å². The van der Waals surface area contributed by atoms with Gasteiger partial charge in [0.1, 0.15) is 6.54 Å². The van der Waals surface area contributed by atoms with E-state index >= 15 is 0 Å². The van der Waals surface area contributed by atoms with Crippen LogP contribution in [0.5, 0.6) is 0 Å². The van der Waals surface area contributed by atoms with Gasteiger partial charge in [-0.15, -0.1) is 0 Å². The monoisotopic (exact) mass is 382 g/mol. The average Bonchev–Trinajstić information content (AvgIpc) is 3.09. The lowest BCUT2D eigenvalue weighted by Crippen LogP contribution is -2.40. The molecule has 27 heavy (non-hydrogen) atoms.